The summed E-state index contributed by atoms with van der Waals surface area (Å²) in [4.78, 5) is 92.7. The molecule has 0 aromatic heterocycles. The van der Waals surface area contributed by atoms with Crippen molar-refractivity contribution in [3.63, 3.8) is 0 Å². The van der Waals surface area contributed by atoms with Crippen LogP contribution in [0.3, 0.4) is 0 Å². The number of esters is 2. The lowest BCUT2D eigenvalue weighted by Gasteiger charge is -2.46. The third kappa shape index (κ3) is 29.8. The highest BCUT2D eigenvalue weighted by Crippen LogP contribution is 2.54. The number of carbonyl (C=O) groups is 2. The first kappa shape index (κ1) is 60.3. The van der Waals surface area contributed by atoms with Crippen LogP contribution in [0.4, 0.5) is 0 Å². The lowest BCUT2D eigenvalue weighted by atomic mass is 9.79. The van der Waals surface area contributed by atoms with E-state index in [0.29, 0.717) is 12.8 Å². The molecule has 0 heterocycles. The molecule has 0 aromatic rings. The second kappa shape index (κ2) is 32.1. The fraction of sp³-hybridized carbons (Fsp3) is 0.610. The molecular weight excluding hydrogens is 952 g/mol. The van der Waals surface area contributed by atoms with Crippen molar-refractivity contribution < 1.29 is 99.9 Å². The van der Waals surface area contributed by atoms with Crippen LogP contribution < -0.4 is 0 Å². The SMILES string of the molecule is C#CC#CC#CC#CC#CC#CC#CC(=O)OC[C@@H](COP(=O)(O)OC1C(O)[C@H](OP(=O)(O)O)C(CP(=O)(O)O)C(OP(=O)(O)O)[C@@H]1O)OC(=O)CCCCCCCCCCCCCCC. The third-order valence-corrected chi connectivity index (χ3v) is 11.8. The molecule has 25 heteroatoms. The normalized spacial score (nSPS) is 20.3. The number of terminal acetylenes is 1. The minimum Gasteiger partial charge on any atom is -0.456 e. The van der Waals surface area contributed by atoms with Crippen LogP contribution in [0.1, 0.15) is 96.8 Å². The number of unbranched alkanes of at least 4 members (excludes halogenated alkanes) is 12. The van der Waals surface area contributed by atoms with Gasteiger partial charge in [-0.2, -0.15) is 0 Å². The number of aliphatic hydroxyl groups is 2. The zero-order valence-electron chi connectivity index (χ0n) is 35.9. The van der Waals surface area contributed by atoms with Gasteiger partial charge in [0.15, 0.2) is 6.10 Å². The monoisotopic (exact) mass is 1010 g/mol. The van der Waals surface area contributed by atoms with Crippen LogP contribution in [0.15, 0.2) is 0 Å². The first-order valence-electron chi connectivity index (χ1n) is 20.4. The van der Waals surface area contributed by atoms with Crippen molar-refractivity contribution in [1.29, 1.82) is 0 Å². The number of hydrogen-bond acceptors (Lipinski definition) is 14. The van der Waals surface area contributed by atoms with Gasteiger partial charge in [0.05, 0.1) is 12.8 Å². The first-order chi connectivity index (χ1) is 31.0. The quantitative estimate of drug-likeness (QED) is 0.0179. The second-order valence-corrected chi connectivity index (χ2v) is 19.8. The van der Waals surface area contributed by atoms with E-state index in [9.17, 15) is 72.3 Å². The minimum atomic E-state index is -5.74. The Labute approximate surface area is 384 Å². The molecule has 0 spiro atoms. The van der Waals surface area contributed by atoms with E-state index in [0.717, 1.165) is 32.1 Å². The van der Waals surface area contributed by atoms with Crippen molar-refractivity contribution in [1.82, 2.24) is 0 Å². The fourth-order valence-corrected chi connectivity index (χ4v) is 9.22. The highest BCUT2D eigenvalue weighted by atomic mass is 31.2. The van der Waals surface area contributed by atoms with Crippen LogP contribution in [0.2, 0.25) is 0 Å². The smallest absolute Gasteiger partial charge is 0.456 e. The average molecular weight is 1010 g/mol. The molecule has 21 nitrogen and oxygen atoms in total. The van der Waals surface area contributed by atoms with Crippen molar-refractivity contribution in [3.8, 4) is 83.4 Å². The molecule has 0 radical (unpaired) electrons. The Morgan fingerprint density at radius 2 is 1.00 bits per heavy atom. The van der Waals surface area contributed by atoms with Gasteiger partial charge in [-0.25, -0.2) is 18.5 Å². The molecule has 0 bridgehead atoms. The summed E-state index contributed by atoms with van der Waals surface area (Å²) in [6, 6.07) is 0. The molecule has 0 amide bonds. The molecule has 1 fully saturated rings. The van der Waals surface area contributed by atoms with Gasteiger partial charge in [0.25, 0.3) is 0 Å². The Bertz CT molecular complexity index is 2170. The van der Waals surface area contributed by atoms with E-state index in [1.54, 1.807) is 0 Å². The molecule has 0 saturated heterocycles. The van der Waals surface area contributed by atoms with Gasteiger partial charge in [-0.05, 0) is 77.5 Å². The summed E-state index contributed by atoms with van der Waals surface area (Å²) in [5, 5.41) is 21.9. The van der Waals surface area contributed by atoms with Crippen molar-refractivity contribution in [2.75, 3.05) is 19.4 Å². The van der Waals surface area contributed by atoms with E-state index < -0.39 is 105 Å². The summed E-state index contributed by atoms with van der Waals surface area (Å²) < 4.78 is 77.5. The Morgan fingerprint density at radius 3 is 1.42 bits per heavy atom. The lowest BCUT2D eigenvalue weighted by molar-refractivity contribution is -0.190. The van der Waals surface area contributed by atoms with Crippen LogP contribution in [-0.2, 0) is 55.4 Å². The van der Waals surface area contributed by atoms with E-state index in [-0.39, 0.29) is 6.42 Å². The van der Waals surface area contributed by atoms with Crippen LogP contribution >= 0.6 is 31.1 Å². The standard InChI is InChI=1S/C41H54O21P4/c1-3-5-7-9-11-13-15-17-19-21-23-25-27-29-36(43)59-33(30-57-35(42)28-26-24-22-20-18-16-14-12-10-8-6-4-2)31-58-66(55,56)62-41-37(44)39(60-64(49,50)51)34(32-63(46,47)48)40(38(41)45)61-65(52,53)54/h2,33-34,37-41,44-45H,3,5,7,9,11,13,15,17,19,21,23,25,27,29-32H2,1H3,(H,55,56)(H2,46,47,48)(H2,49,50,51)(H2,52,53,54)/t33-,34?,37-,38?,39?,40+,41?/m0/s1. The number of rotatable bonds is 28. The predicted octanol–water partition coefficient (Wildman–Crippen LogP) is 2.56. The molecule has 5 unspecified atom stereocenters. The Kier molecular flexibility index (Phi) is 29.3. The highest BCUT2D eigenvalue weighted by Gasteiger charge is 2.58. The molecule has 1 aliphatic rings. The minimum absolute atomic E-state index is 0.124. The van der Waals surface area contributed by atoms with Crippen molar-refractivity contribution in [2.24, 2.45) is 5.92 Å². The zero-order valence-corrected chi connectivity index (χ0v) is 39.4. The summed E-state index contributed by atoms with van der Waals surface area (Å²) in [6.45, 7) is 0.219. The van der Waals surface area contributed by atoms with Gasteiger partial charge in [-0.15, -0.1) is 6.42 Å². The summed E-state index contributed by atoms with van der Waals surface area (Å²) in [5.41, 5.74) is 0. The molecule has 8 atom stereocenters. The van der Waals surface area contributed by atoms with Gasteiger partial charge in [0.1, 0.15) is 37.1 Å². The van der Waals surface area contributed by atoms with Crippen LogP contribution in [0.5, 0.6) is 0 Å². The number of phosphoric ester groups is 3. The molecule has 9 N–H and O–H groups in total. The summed E-state index contributed by atoms with van der Waals surface area (Å²) >= 11 is 0. The van der Waals surface area contributed by atoms with Gasteiger partial charge in [-0.1, -0.05) is 84.0 Å². The van der Waals surface area contributed by atoms with Crippen molar-refractivity contribution in [2.45, 2.75) is 133 Å². The van der Waals surface area contributed by atoms with Gasteiger partial charge >= 0.3 is 43.0 Å². The summed E-state index contributed by atoms with van der Waals surface area (Å²) in [5.74, 6) is 25.1. The van der Waals surface area contributed by atoms with E-state index >= 15 is 0 Å². The number of aliphatic hydroxyl groups excluding tert-OH is 2. The Balaban J connectivity index is 3.12. The largest absolute Gasteiger partial charge is 0.472 e. The average Bonchev–Trinajstić information content (AvgIpc) is 3.21. The van der Waals surface area contributed by atoms with E-state index in [2.05, 4.69) is 87.0 Å². The molecule has 0 aromatic carbocycles. The predicted molar refractivity (Wildman–Crippen MR) is 234 cm³/mol. The molecule has 1 rings (SSSR count). The number of ether oxygens (including phenoxy) is 2. The maximum absolute atomic E-state index is 13.2. The topological polar surface area (TPSA) is 340 Å². The number of hydrogen-bond donors (Lipinski definition) is 9. The molecule has 0 aliphatic heterocycles. The van der Waals surface area contributed by atoms with Gasteiger partial charge in [0, 0.05) is 18.3 Å². The maximum atomic E-state index is 13.2. The van der Waals surface area contributed by atoms with Crippen LogP contribution in [0, 0.1) is 89.3 Å². The second-order valence-electron chi connectivity index (χ2n) is 14.3. The van der Waals surface area contributed by atoms with Gasteiger partial charge < -0.3 is 53.9 Å². The molecule has 66 heavy (non-hydrogen) atoms. The number of carbonyl (C=O) groups excluding carboxylic acids is 2. The van der Waals surface area contributed by atoms with Gasteiger partial charge in [0.2, 0.25) is 0 Å². The zero-order chi connectivity index (χ0) is 49.7. The number of phosphoric acid groups is 3. The molecular formula is C41H54O21P4. The molecule has 1 saturated carbocycles. The molecule has 1 aliphatic carbocycles. The van der Waals surface area contributed by atoms with Crippen molar-refractivity contribution >= 4 is 43.0 Å². The van der Waals surface area contributed by atoms with E-state index in [4.69, 9.17) is 24.9 Å². The fourth-order valence-electron chi connectivity index (χ4n) is 6.09. The Morgan fingerprint density at radius 1 is 0.576 bits per heavy atom. The van der Waals surface area contributed by atoms with E-state index in [1.165, 1.54) is 38.5 Å². The summed E-state index contributed by atoms with van der Waals surface area (Å²) in [7, 11) is -22.5. The molecule has 364 valence electrons. The van der Waals surface area contributed by atoms with Crippen LogP contribution in [0.25, 0.3) is 0 Å². The Hall–Kier alpha value is -3.74. The highest BCUT2D eigenvalue weighted by molar-refractivity contribution is 7.51. The van der Waals surface area contributed by atoms with Crippen LogP contribution in [-0.4, -0.2) is 112 Å². The lowest BCUT2D eigenvalue weighted by Crippen LogP contribution is -2.63. The first-order valence-corrected chi connectivity index (χ1v) is 26.7. The summed E-state index contributed by atoms with van der Waals surface area (Å²) in [6.07, 6.45) is 2.00. The van der Waals surface area contributed by atoms with Crippen molar-refractivity contribution in [3.05, 3.63) is 0 Å². The maximum Gasteiger partial charge on any atom is 0.472 e. The van der Waals surface area contributed by atoms with E-state index in [1.807, 2.05) is 5.92 Å². The third-order valence-electron chi connectivity index (χ3n) is 8.88. The van der Waals surface area contributed by atoms with Gasteiger partial charge in [-0.3, -0.25) is 27.5 Å².